The fourth-order valence-corrected chi connectivity index (χ4v) is 3.78. The molecule has 28 heavy (non-hydrogen) atoms. The van der Waals surface area contributed by atoms with Crippen molar-refractivity contribution in [3.05, 3.63) is 47.2 Å². The van der Waals surface area contributed by atoms with E-state index in [1.807, 2.05) is 30.3 Å². The standard InChI is InChI=1S/C23H33NO4/c1-23(2,3)18-12-20(22(26)24-19-6-4-5-7-19)28-21(13-18)27-15-17-10-8-16(14-25)9-11-17/h8-12,18-19,21,25H,4-7,13-15H2,1-3H3,(H,24,26)/t18-,21+/m0/s1. The molecule has 1 heterocycles. The number of amides is 1. The molecule has 1 aromatic carbocycles. The molecule has 0 saturated heterocycles. The normalized spacial score (nSPS) is 23.2. The minimum Gasteiger partial charge on any atom is -0.459 e. The monoisotopic (exact) mass is 387 g/mol. The van der Waals surface area contributed by atoms with Crippen molar-refractivity contribution in [2.75, 3.05) is 0 Å². The molecule has 5 heteroatoms. The number of ether oxygens (including phenoxy) is 2. The van der Waals surface area contributed by atoms with Gasteiger partial charge >= 0.3 is 0 Å². The van der Waals surface area contributed by atoms with Crippen LogP contribution in [0.3, 0.4) is 0 Å². The number of hydrogen-bond acceptors (Lipinski definition) is 4. The van der Waals surface area contributed by atoms with E-state index in [4.69, 9.17) is 14.6 Å². The summed E-state index contributed by atoms with van der Waals surface area (Å²) in [5, 5.41) is 12.3. The van der Waals surface area contributed by atoms with Gasteiger partial charge in [0.2, 0.25) is 6.29 Å². The lowest BCUT2D eigenvalue weighted by molar-refractivity contribution is -0.157. The van der Waals surface area contributed by atoms with Gasteiger partial charge in [0.05, 0.1) is 13.2 Å². The van der Waals surface area contributed by atoms with Crippen molar-refractivity contribution in [3.8, 4) is 0 Å². The zero-order valence-corrected chi connectivity index (χ0v) is 17.2. The Bertz CT molecular complexity index is 684. The third kappa shape index (κ3) is 5.58. The molecule has 0 aromatic heterocycles. The van der Waals surface area contributed by atoms with E-state index < -0.39 is 6.29 Å². The van der Waals surface area contributed by atoms with Gasteiger partial charge in [-0.3, -0.25) is 4.79 Å². The van der Waals surface area contributed by atoms with E-state index in [0.29, 0.717) is 12.4 Å². The molecule has 1 aliphatic heterocycles. The molecule has 2 aliphatic rings. The van der Waals surface area contributed by atoms with Gasteiger partial charge in [-0.15, -0.1) is 0 Å². The first kappa shape index (κ1) is 20.9. The number of allylic oxidation sites excluding steroid dienone is 1. The highest BCUT2D eigenvalue weighted by atomic mass is 16.7. The third-order valence-corrected chi connectivity index (χ3v) is 5.73. The molecular weight excluding hydrogens is 354 g/mol. The van der Waals surface area contributed by atoms with Crippen LogP contribution < -0.4 is 5.32 Å². The largest absolute Gasteiger partial charge is 0.459 e. The Hall–Kier alpha value is -1.85. The summed E-state index contributed by atoms with van der Waals surface area (Å²) < 4.78 is 12.0. The average Bonchev–Trinajstić information content (AvgIpc) is 3.19. The zero-order valence-electron chi connectivity index (χ0n) is 17.2. The fraction of sp³-hybridized carbons (Fsp3) is 0.609. The lowest BCUT2D eigenvalue weighted by atomic mass is 9.77. The van der Waals surface area contributed by atoms with Gasteiger partial charge in [-0.1, -0.05) is 57.9 Å². The van der Waals surface area contributed by atoms with Crippen molar-refractivity contribution in [3.63, 3.8) is 0 Å². The van der Waals surface area contributed by atoms with Crippen LogP contribution in [0.25, 0.3) is 0 Å². The molecule has 1 saturated carbocycles. The first-order valence-electron chi connectivity index (χ1n) is 10.3. The fourth-order valence-electron chi connectivity index (χ4n) is 3.78. The number of aliphatic hydroxyl groups excluding tert-OH is 1. The summed E-state index contributed by atoms with van der Waals surface area (Å²) in [6.07, 6.45) is 6.69. The van der Waals surface area contributed by atoms with Crippen molar-refractivity contribution in [2.24, 2.45) is 11.3 Å². The first-order valence-corrected chi connectivity index (χ1v) is 10.3. The highest BCUT2D eigenvalue weighted by molar-refractivity contribution is 5.91. The maximum absolute atomic E-state index is 12.7. The lowest BCUT2D eigenvalue weighted by Gasteiger charge is -2.36. The summed E-state index contributed by atoms with van der Waals surface area (Å²) in [5.41, 5.74) is 1.91. The number of hydrogen-bond donors (Lipinski definition) is 2. The van der Waals surface area contributed by atoms with E-state index >= 15 is 0 Å². The SMILES string of the molecule is CC(C)(C)[C@H]1C=C(C(=O)NC2CCCC2)O[C@@H](OCc2ccc(CO)cc2)C1. The van der Waals surface area contributed by atoms with Crippen LogP contribution in [-0.2, 0) is 27.5 Å². The molecule has 0 unspecified atom stereocenters. The van der Waals surface area contributed by atoms with E-state index in [-0.39, 0.29) is 29.9 Å². The summed E-state index contributed by atoms with van der Waals surface area (Å²) in [4.78, 5) is 12.7. The highest BCUT2D eigenvalue weighted by Crippen LogP contribution is 2.36. The van der Waals surface area contributed by atoms with Gasteiger partial charge < -0.3 is 19.9 Å². The van der Waals surface area contributed by atoms with Crippen molar-refractivity contribution in [1.82, 2.24) is 5.32 Å². The highest BCUT2D eigenvalue weighted by Gasteiger charge is 2.34. The van der Waals surface area contributed by atoms with Crippen LogP contribution in [-0.4, -0.2) is 23.3 Å². The summed E-state index contributed by atoms with van der Waals surface area (Å²) in [6.45, 7) is 6.97. The first-order chi connectivity index (χ1) is 13.3. The predicted molar refractivity (Wildman–Crippen MR) is 108 cm³/mol. The van der Waals surface area contributed by atoms with E-state index in [1.54, 1.807) is 0 Å². The molecule has 0 radical (unpaired) electrons. The molecular formula is C23H33NO4. The average molecular weight is 388 g/mol. The van der Waals surface area contributed by atoms with Crippen molar-refractivity contribution in [1.29, 1.82) is 0 Å². The summed E-state index contributed by atoms with van der Waals surface area (Å²) in [5.74, 6) is 0.466. The van der Waals surface area contributed by atoms with Gasteiger partial charge in [-0.25, -0.2) is 0 Å². The predicted octanol–water partition coefficient (Wildman–Crippen LogP) is 4.05. The van der Waals surface area contributed by atoms with Gasteiger partial charge in [-0.05, 0) is 41.4 Å². The Morgan fingerprint density at radius 2 is 1.82 bits per heavy atom. The maximum atomic E-state index is 12.7. The lowest BCUT2D eigenvalue weighted by Crippen LogP contribution is -2.39. The Morgan fingerprint density at radius 1 is 1.18 bits per heavy atom. The number of aliphatic hydroxyl groups is 1. The number of carbonyl (C=O) groups excluding carboxylic acids is 1. The van der Waals surface area contributed by atoms with Gasteiger partial charge in [0.1, 0.15) is 0 Å². The van der Waals surface area contributed by atoms with Crippen LogP contribution in [0, 0.1) is 11.3 Å². The molecule has 1 aliphatic carbocycles. The number of carbonyl (C=O) groups is 1. The molecule has 1 amide bonds. The zero-order chi connectivity index (χ0) is 20.1. The second kappa shape index (κ2) is 9.10. The topological polar surface area (TPSA) is 67.8 Å². The van der Waals surface area contributed by atoms with Crippen LogP contribution in [0.5, 0.6) is 0 Å². The molecule has 1 fully saturated rings. The molecule has 1 aromatic rings. The molecule has 5 nitrogen and oxygen atoms in total. The molecule has 2 N–H and O–H groups in total. The smallest absolute Gasteiger partial charge is 0.286 e. The van der Waals surface area contributed by atoms with Crippen molar-refractivity contribution in [2.45, 2.75) is 78.4 Å². The van der Waals surface area contributed by atoms with Crippen LogP contribution in [0.2, 0.25) is 0 Å². The number of rotatable bonds is 6. The van der Waals surface area contributed by atoms with Crippen molar-refractivity contribution >= 4 is 5.91 Å². The molecule has 2 atom stereocenters. The van der Waals surface area contributed by atoms with Crippen LogP contribution in [0.4, 0.5) is 0 Å². The van der Waals surface area contributed by atoms with E-state index in [2.05, 4.69) is 26.1 Å². The Labute approximate surface area is 168 Å². The Kier molecular flexibility index (Phi) is 6.78. The van der Waals surface area contributed by atoms with Gasteiger partial charge in [0.15, 0.2) is 5.76 Å². The summed E-state index contributed by atoms with van der Waals surface area (Å²) >= 11 is 0. The summed E-state index contributed by atoms with van der Waals surface area (Å²) in [6, 6.07) is 7.92. The van der Waals surface area contributed by atoms with E-state index in [0.717, 1.165) is 30.4 Å². The van der Waals surface area contributed by atoms with Gasteiger partial charge in [0.25, 0.3) is 5.91 Å². The Balaban J connectivity index is 1.64. The van der Waals surface area contributed by atoms with Crippen LogP contribution in [0.15, 0.2) is 36.1 Å². The van der Waals surface area contributed by atoms with Crippen LogP contribution >= 0.6 is 0 Å². The quantitative estimate of drug-likeness (QED) is 0.773. The molecule has 3 rings (SSSR count). The van der Waals surface area contributed by atoms with E-state index in [9.17, 15) is 4.79 Å². The molecule has 0 spiro atoms. The van der Waals surface area contributed by atoms with Gasteiger partial charge in [0, 0.05) is 12.5 Å². The van der Waals surface area contributed by atoms with E-state index in [1.165, 1.54) is 12.8 Å². The third-order valence-electron chi connectivity index (χ3n) is 5.73. The summed E-state index contributed by atoms with van der Waals surface area (Å²) in [7, 11) is 0. The van der Waals surface area contributed by atoms with Gasteiger partial charge in [-0.2, -0.15) is 0 Å². The Morgan fingerprint density at radius 3 is 2.43 bits per heavy atom. The second-order valence-corrected chi connectivity index (χ2v) is 9.03. The number of nitrogens with one attached hydrogen (secondary N) is 1. The number of benzene rings is 1. The molecule has 0 bridgehead atoms. The second-order valence-electron chi connectivity index (χ2n) is 9.03. The van der Waals surface area contributed by atoms with Crippen molar-refractivity contribution < 1.29 is 19.4 Å². The molecule has 154 valence electrons. The minimum absolute atomic E-state index is 0.0209. The minimum atomic E-state index is -0.448. The maximum Gasteiger partial charge on any atom is 0.286 e. The van der Waals surface area contributed by atoms with Crippen LogP contribution in [0.1, 0.15) is 64.0 Å².